The van der Waals surface area contributed by atoms with E-state index in [1.165, 1.54) is 44.1 Å². The molecule has 0 saturated heterocycles. The lowest BCUT2D eigenvalue weighted by Gasteiger charge is -2.56. The van der Waals surface area contributed by atoms with Crippen molar-refractivity contribution in [3.63, 3.8) is 0 Å². The van der Waals surface area contributed by atoms with Crippen molar-refractivity contribution in [2.45, 2.75) is 50.7 Å². The Morgan fingerprint density at radius 3 is 2.05 bits per heavy atom. The van der Waals surface area contributed by atoms with E-state index in [2.05, 4.69) is 29.6 Å². The second-order valence-electron chi connectivity index (χ2n) is 7.38. The summed E-state index contributed by atoms with van der Waals surface area (Å²) in [6.45, 7) is 0.928. The van der Waals surface area contributed by atoms with E-state index < -0.39 is 0 Å². The number of nitrogens with one attached hydrogen (secondary N) is 1. The molecule has 4 aliphatic carbocycles. The Hall–Kier alpha value is -1.02. The molecule has 108 valence electrons. The highest BCUT2D eigenvalue weighted by Crippen LogP contribution is 2.56. The van der Waals surface area contributed by atoms with E-state index in [4.69, 9.17) is 4.74 Å². The summed E-state index contributed by atoms with van der Waals surface area (Å²) < 4.78 is 6.53. The summed E-state index contributed by atoms with van der Waals surface area (Å²) >= 11 is 0. The molecule has 4 bridgehead atoms. The second kappa shape index (κ2) is 4.77. The Kier molecular flexibility index (Phi) is 3.03. The molecule has 1 aromatic rings. The molecule has 1 aromatic carbocycles. The molecule has 0 atom stereocenters. The van der Waals surface area contributed by atoms with Crippen LogP contribution in [0.4, 0.5) is 0 Å². The number of benzene rings is 1. The van der Waals surface area contributed by atoms with Crippen LogP contribution in [0.2, 0.25) is 0 Å². The molecule has 0 radical (unpaired) electrons. The standard InChI is InChI=1S/C18H25NO/c1-19-12-13-2-4-17(5-3-13)20-18-9-14-6-15(10-18)8-16(7-14)11-18/h2-5,14-16,19H,6-12H2,1H3. The van der Waals surface area contributed by atoms with Gasteiger partial charge in [0.15, 0.2) is 0 Å². The first-order chi connectivity index (χ1) is 9.75. The lowest BCUT2D eigenvalue weighted by atomic mass is 9.54. The lowest BCUT2D eigenvalue weighted by molar-refractivity contribution is -0.107. The highest BCUT2D eigenvalue weighted by atomic mass is 16.5. The molecular weight excluding hydrogens is 246 g/mol. The van der Waals surface area contributed by atoms with Crippen LogP contribution in [0.5, 0.6) is 5.75 Å². The fourth-order valence-electron chi connectivity index (χ4n) is 5.29. The first-order valence-electron chi connectivity index (χ1n) is 8.17. The van der Waals surface area contributed by atoms with Crippen molar-refractivity contribution in [1.82, 2.24) is 5.32 Å². The molecule has 0 aliphatic heterocycles. The van der Waals surface area contributed by atoms with E-state index in [1.54, 1.807) is 0 Å². The molecule has 0 spiro atoms. The molecule has 2 nitrogen and oxygen atoms in total. The zero-order valence-electron chi connectivity index (χ0n) is 12.4. The van der Waals surface area contributed by atoms with E-state index in [-0.39, 0.29) is 5.60 Å². The van der Waals surface area contributed by atoms with E-state index in [1.807, 2.05) is 7.05 Å². The summed E-state index contributed by atoms with van der Waals surface area (Å²) in [6, 6.07) is 8.69. The Balaban J connectivity index is 1.50. The normalized spacial score (nSPS) is 38.1. The van der Waals surface area contributed by atoms with Gasteiger partial charge in [-0.3, -0.25) is 0 Å². The first kappa shape index (κ1) is 12.7. The highest BCUT2D eigenvalue weighted by Gasteiger charge is 2.52. The van der Waals surface area contributed by atoms with Gasteiger partial charge in [-0.2, -0.15) is 0 Å². The van der Waals surface area contributed by atoms with Crippen LogP contribution in [0.15, 0.2) is 24.3 Å². The van der Waals surface area contributed by atoms with Crippen LogP contribution in [0.25, 0.3) is 0 Å². The SMILES string of the molecule is CNCc1ccc(OC23CC4CC(CC(C4)C2)C3)cc1. The maximum Gasteiger partial charge on any atom is 0.120 e. The van der Waals surface area contributed by atoms with Gasteiger partial charge in [-0.25, -0.2) is 0 Å². The first-order valence-corrected chi connectivity index (χ1v) is 8.17. The van der Waals surface area contributed by atoms with E-state index >= 15 is 0 Å². The van der Waals surface area contributed by atoms with Crippen molar-refractivity contribution in [3.8, 4) is 5.75 Å². The van der Waals surface area contributed by atoms with E-state index in [0.29, 0.717) is 0 Å². The predicted molar refractivity (Wildman–Crippen MR) is 80.7 cm³/mol. The zero-order chi connectivity index (χ0) is 13.6. The van der Waals surface area contributed by atoms with E-state index in [0.717, 1.165) is 30.0 Å². The molecule has 4 aliphatic rings. The lowest BCUT2D eigenvalue weighted by Crippen LogP contribution is -2.53. The summed E-state index contributed by atoms with van der Waals surface area (Å²) in [5.41, 5.74) is 1.50. The molecule has 1 N–H and O–H groups in total. The molecular formula is C18H25NO. The summed E-state index contributed by atoms with van der Waals surface area (Å²) in [4.78, 5) is 0. The Bertz CT molecular complexity index is 443. The maximum atomic E-state index is 6.53. The quantitative estimate of drug-likeness (QED) is 0.900. The number of hydrogen-bond acceptors (Lipinski definition) is 2. The minimum Gasteiger partial charge on any atom is -0.487 e. The van der Waals surface area contributed by atoms with Crippen molar-refractivity contribution in [3.05, 3.63) is 29.8 Å². The summed E-state index contributed by atoms with van der Waals surface area (Å²) in [6.07, 6.45) is 8.34. The van der Waals surface area contributed by atoms with Crippen LogP contribution in [0.3, 0.4) is 0 Å². The molecule has 0 aromatic heterocycles. The van der Waals surface area contributed by atoms with Crippen LogP contribution in [0.1, 0.15) is 44.1 Å². The van der Waals surface area contributed by atoms with Crippen LogP contribution < -0.4 is 10.1 Å². The van der Waals surface area contributed by atoms with Crippen molar-refractivity contribution in [2.75, 3.05) is 7.05 Å². The minimum atomic E-state index is 0.180. The Labute approximate surface area is 121 Å². The molecule has 0 heterocycles. The van der Waals surface area contributed by atoms with Crippen molar-refractivity contribution in [1.29, 1.82) is 0 Å². The van der Waals surface area contributed by atoms with Crippen LogP contribution in [-0.2, 0) is 6.54 Å². The summed E-state index contributed by atoms with van der Waals surface area (Å²) in [5.74, 6) is 3.92. The predicted octanol–water partition coefficient (Wildman–Crippen LogP) is 3.75. The zero-order valence-corrected chi connectivity index (χ0v) is 12.4. The topological polar surface area (TPSA) is 21.3 Å². The molecule has 5 rings (SSSR count). The van der Waals surface area contributed by atoms with Crippen molar-refractivity contribution < 1.29 is 4.74 Å². The average molecular weight is 271 g/mol. The second-order valence-corrected chi connectivity index (χ2v) is 7.38. The van der Waals surface area contributed by atoms with Gasteiger partial charge in [0.2, 0.25) is 0 Å². The third kappa shape index (κ3) is 2.24. The molecule has 4 fully saturated rings. The minimum absolute atomic E-state index is 0.180. The van der Waals surface area contributed by atoms with Gasteiger partial charge in [0.05, 0.1) is 0 Å². The summed E-state index contributed by atoms with van der Waals surface area (Å²) in [7, 11) is 1.99. The van der Waals surface area contributed by atoms with Crippen LogP contribution in [-0.4, -0.2) is 12.6 Å². The summed E-state index contributed by atoms with van der Waals surface area (Å²) in [5, 5.41) is 3.19. The maximum absolute atomic E-state index is 6.53. The third-order valence-corrected chi connectivity index (χ3v) is 5.62. The van der Waals surface area contributed by atoms with Gasteiger partial charge in [-0.15, -0.1) is 0 Å². The molecule has 0 amide bonds. The van der Waals surface area contributed by atoms with Gasteiger partial charge < -0.3 is 10.1 Å². The fraction of sp³-hybridized carbons (Fsp3) is 0.667. The van der Waals surface area contributed by atoms with Gasteiger partial charge in [-0.1, -0.05) is 12.1 Å². The molecule has 20 heavy (non-hydrogen) atoms. The third-order valence-electron chi connectivity index (χ3n) is 5.62. The average Bonchev–Trinajstić information content (AvgIpc) is 2.39. The number of hydrogen-bond donors (Lipinski definition) is 1. The van der Waals surface area contributed by atoms with Gasteiger partial charge in [-0.05, 0) is 81.0 Å². The Morgan fingerprint density at radius 2 is 1.55 bits per heavy atom. The monoisotopic (exact) mass is 271 g/mol. The molecule has 0 unspecified atom stereocenters. The van der Waals surface area contributed by atoms with Gasteiger partial charge in [0.25, 0.3) is 0 Å². The number of rotatable bonds is 4. The smallest absolute Gasteiger partial charge is 0.120 e. The van der Waals surface area contributed by atoms with Crippen molar-refractivity contribution >= 4 is 0 Å². The highest BCUT2D eigenvalue weighted by molar-refractivity contribution is 5.28. The van der Waals surface area contributed by atoms with Gasteiger partial charge in [0, 0.05) is 6.54 Å². The fourth-order valence-corrected chi connectivity index (χ4v) is 5.29. The van der Waals surface area contributed by atoms with Gasteiger partial charge >= 0.3 is 0 Å². The van der Waals surface area contributed by atoms with E-state index in [9.17, 15) is 0 Å². The van der Waals surface area contributed by atoms with Crippen LogP contribution in [0, 0.1) is 17.8 Å². The van der Waals surface area contributed by atoms with Gasteiger partial charge in [0.1, 0.15) is 11.4 Å². The molecule has 4 saturated carbocycles. The largest absolute Gasteiger partial charge is 0.487 e. The Morgan fingerprint density at radius 1 is 1.00 bits per heavy atom. The van der Waals surface area contributed by atoms with Crippen LogP contribution >= 0.6 is 0 Å². The number of ether oxygens (including phenoxy) is 1. The molecule has 2 heteroatoms. The van der Waals surface area contributed by atoms with Crippen molar-refractivity contribution in [2.24, 2.45) is 17.8 Å².